The molecule has 0 aromatic carbocycles. The van der Waals surface area contributed by atoms with Crippen molar-refractivity contribution in [3.8, 4) is 0 Å². The van der Waals surface area contributed by atoms with Crippen LogP contribution in [0.4, 0.5) is 0 Å². The maximum Gasteiger partial charge on any atom is 0.240 e. The molecule has 0 spiro atoms. The Morgan fingerprint density at radius 2 is 1.72 bits per heavy atom. The van der Waals surface area contributed by atoms with Crippen LogP contribution >= 0.6 is 0 Å². The highest BCUT2D eigenvalue weighted by atomic mass is 32.2. The number of rotatable bonds is 6. The van der Waals surface area contributed by atoms with Gasteiger partial charge in [-0.25, -0.2) is 8.42 Å². The molecule has 0 aliphatic carbocycles. The fourth-order valence-electron chi connectivity index (χ4n) is 3.54. The lowest BCUT2D eigenvalue weighted by molar-refractivity contribution is -0.123. The second-order valence-corrected chi connectivity index (χ2v) is 10.4. The van der Waals surface area contributed by atoms with E-state index in [-0.39, 0.29) is 12.2 Å². The summed E-state index contributed by atoms with van der Waals surface area (Å²) in [4.78, 5) is 14.8. The van der Waals surface area contributed by atoms with E-state index in [1.807, 2.05) is 13.8 Å². The number of morpholine rings is 1. The van der Waals surface area contributed by atoms with Gasteiger partial charge in [-0.3, -0.25) is 9.69 Å². The lowest BCUT2D eigenvalue weighted by Crippen LogP contribution is -2.54. The van der Waals surface area contributed by atoms with Crippen molar-refractivity contribution in [2.75, 3.05) is 39.4 Å². The first-order valence-corrected chi connectivity index (χ1v) is 10.7. The Morgan fingerprint density at radius 1 is 1.16 bits per heavy atom. The molecule has 2 fully saturated rings. The van der Waals surface area contributed by atoms with Gasteiger partial charge in [0.1, 0.15) is 4.75 Å². The third kappa shape index (κ3) is 4.93. The number of nitrogens with one attached hydrogen (secondary N) is 1. The molecule has 2 rings (SSSR count). The van der Waals surface area contributed by atoms with Gasteiger partial charge in [-0.05, 0) is 40.5 Å². The van der Waals surface area contributed by atoms with Gasteiger partial charge in [0.05, 0.1) is 17.5 Å². The lowest BCUT2D eigenvalue weighted by atomic mass is 10.2. The number of hydrogen-bond acceptors (Lipinski definition) is 6. The molecule has 0 unspecified atom stereocenters. The third-order valence-electron chi connectivity index (χ3n) is 5.07. The van der Waals surface area contributed by atoms with E-state index in [4.69, 9.17) is 9.47 Å². The summed E-state index contributed by atoms with van der Waals surface area (Å²) in [5, 5.41) is 2.32. The molecule has 7 nitrogen and oxygen atoms in total. The van der Waals surface area contributed by atoms with Crippen LogP contribution in [0.15, 0.2) is 0 Å². The average molecular weight is 377 g/mol. The van der Waals surface area contributed by atoms with Gasteiger partial charge in [0.25, 0.3) is 0 Å². The smallest absolute Gasteiger partial charge is 0.240 e. The van der Waals surface area contributed by atoms with Gasteiger partial charge in [-0.2, -0.15) is 0 Å². The fraction of sp³-hybridized carbons (Fsp3) is 0.941. The molecular formula is C17H32N2O5S. The Bertz CT molecular complexity index is 547. The molecule has 0 aromatic heterocycles. The molecule has 2 aliphatic heterocycles. The fourth-order valence-corrected chi connectivity index (χ4v) is 5.52. The van der Waals surface area contributed by atoms with Crippen LogP contribution in [0.1, 0.15) is 40.5 Å². The highest BCUT2D eigenvalue weighted by Crippen LogP contribution is 2.27. The summed E-state index contributed by atoms with van der Waals surface area (Å²) in [7, 11) is -3.56. The van der Waals surface area contributed by atoms with Crippen molar-refractivity contribution in [3.63, 3.8) is 0 Å². The first kappa shape index (κ1) is 20.6. The lowest BCUT2D eigenvalue weighted by Gasteiger charge is -2.35. The Kier molecular flexibility index (Phi) is 6.87. The van der Waals surface area contributed by atoms with E-state index in [1.54, 1.807) is 0 Å². The summed E-state index contributed by atoms with van der Waals surface area (Å²) in [6, 6.07) is 0. The zero-order valence-electron chi connectivity index (χ0n) is 15.8. The summed E-state index contributed by atoms with van der Waals surface area (Å²) in [5.41, 5.74) is 0. The van der Waals surface area contributed by atoms with Crippen molar-refractivity contribution < 1.29 is 22.7 Å². The Morgan fingerprint density at radius 3 is 2.28 bits per heavy atom. The highest BCUT2D eigenvalue weighted by molar-refractivity contribution is 7.94. The number of nitrogens with zero attached hydrogens (tertiary/aromatic N) is 1. The molecular weight excluding hydrogens is 344 g/mol. The summed E-state index contributed by atoms with van der Waals surface area (Å²) >= 11 is 0. The monoisotopic (exact) mass is 376 g/mol. The Labute approximate surface area is 151 Å². The molecule has 2 heterocycles. The van der Waals surface area contributed by atoms with Crippen molar-refractivity contribution >= 4 is 15.7 Å². The molecule has 1 N–H and O–H groups in total. The van der Waals surface area contributed by atoms with Crippen LogP contribution in [0.2, 0.25) is 0 Å². The van der Waals surface area contributed by atoms with Gasteiger partial charge in [0.15, 0.2) is 9.84 Å². The van der Waals surface area contributed by atoms with Gasteiger partial charge < -0.3 is 14.8 Å². The van der Waals surface area contributed by atoms with Gasteiger partial charge >= 0.3 is 0 Å². The quantitative estimate of drug-likeness (QED) is 0.730. The van der Waals surface area contributed by atoms with E-state index < -0.39 is 25.7 Å². The Hall–Kier alpha value is -0.700. The molecule has 0 aromatic rings. The Balaban J connectivity index is 1.88. The van der Waals surface area contributed by atoms with Gasteiger partial charge in [0, 0.05) is 39.4 Å². The first-order valence-electron chi connectivity index (χ1n) is 9.12. The van der Waals surface area contributed by atoms with E-state index in [9.17, 15) is 13.2 Å². The van der Waals surface area contributed by atoms with Crippen molar-refractivity contribution in [1.29, 1.82) is 0 Å². The van der Waals surface area contributed by atoms with Crippen LogP contribution in [-0.4, -0.2) is 80.8 Å². The predicted molar refractivity (Wildman–Crippen MR) is 96.3 cm³/mol. The maximum absolute atomic E-state index is 12.9. The summed E-state index contributed by atoms with van der Waals surface area (Å²) in [6.07, 6.45) is 1.26. The minimum Gasteiger partial charge on any atom is -0.381 e. The van der Waals surface area contributed by atoms with Crippen molar-refractivity contribution in [3.05, 3.63) is 0 Å². The second kappa shape index (κ2) is 8.33. The third-order valence-corrected chi connectivity index (χ3v) is 8.03. The minimum absolute atomic E-state index is 0.171. The zero-order valence-corrected chi connectivity index (χ0v) is 16.6. The summed E-state index contributed by atoms with van der Waals surface area (Å²) in [6.45, 7) is 10.7. The zero-order chi connectivity index (χ0) is 18.7. The van der Waals surface area contributed by atoms with Crippen LogP contribution in [0.5, 0.6) is 0 Å². The van der Waals surface area contributed by atoms with Crippen LogP contribution in [-0.2, 0) is 24.1 Å². The first-order chi connectivity index (χ1) is 11.6. The molecule has 25 heavy (non-hydrogen) atoms. The van der Waals surface area contributed by atoms with Crippen LogP contribution in [0.25, 0.3) is 0 Å². The second-order valence-electron chi connectivity index (χ2n) is 7.64. The van der Waals surface area contributed by atoms with Gasteiger partial charge in [0.2, 0.25) is 5.91 Å². The molecule has 2 saturated heterocycles. The normalized spacial score (nSPS) is 27.2. The number of amides is 1. The van der Waals surface area contributed by atoms with E-state index >= 15 is 0 Å². The van der Waals surface area contributed by atoms with E-state index in [0.29, 0.717) is 39.1 Å². The van der Waals surface area contributed by atoms with Crippen molar-refractivity contribution in [1.82, 2.24) is 10.2 Å². The van der Waals surface area contributed by atoms with Gasteiger partial charge in [-0.1, -0.05) is 0 Å². The van der Waals surface area contributed by atoms with E-state index in [2.05, 4.69) is 10.2 Å². The van der Waals surface area contributed by atoms with E-state index in [0.717, 1.165) is 13.1 Å². The van der Waals surface area contributed by atoms with Crippen molar-refractivity contribution in [2.45, 2.75) is 62.7 Å². The predicted octanol–water partition coefficient (Wildman–Crippen LogP) is 0.584. The van der Waals surface area contributed by atoms with Crippen LogP contribution < -0.4 is 5.32 Å². The largest absolute Gasteiger partial charge is 0.381 e. The molecule has 0 saturated carbocycles. The molecule has 8 heteroatoms. The minimum atomic E-state index is -3.56. The number of carbonyl (C=O) groups excluding carboxylic acids is 1. The standard InChI is InChI=1S/C17H32N2O5S/c1-13-11-19(12-14(2)24-13)8-7-18-16(20)17(3,4)25(21,22)15-5-9-23-10-6-15/h13-15H,5-12H2,1-4H3,(H,18,20)/t13-,14+. The van der Waals surface area contributed by atoms with Gasteiger partial charge in [-0.15, -0.1) is 0 Å². The molecule has 0 bridgehead atoms. The maximum atomic E-state index is 12.9. The molecule has 2 atom stereocenters. The topological polar surface area (TPSA) is 84.9 Å². The van der Waals surface area contributed by atoms with Crippen molar-refractivity contribution in [2.24, 2.45) is 0 Å². The highest BCUT2D eigenvalue weighted by Gasteiger charge is 2.46. The number of hydrogen-bond donors (Lipinski definition) is 1. The summed E-state index contributed by atoms with van der Waals surface area (Å²) in [5.74, 6) is -0.423. The van der Waals surface area contributed by atoms with Crippen LogP contribution in [0.3, 0.4) is 0 Å². The van der Waals surface area contributed by atoms with Crippen LogP contribution in [0, 0.1) is 0 Å². The summed E-state index contributed by atoms with van der Waals surface area (Å²) < 4.78 is 35.2. The number of sulfone groups is 1. The number of ether oxygens (including phenoxy) is 2. The van der Waals surface area contributed by atoms with E-state index in [1.165, 1.54) is 13.8 Å². The molecule has 1 amide bonds. The number of carbonyl (C=O) groups is 1. The SMILES string of the molecule is C[C@@H]1CN(CCNC(=O)C(C)(C)S(=O)(=O)C2CCOCC2)C[C@H](C)O1. The molecule has 146 valence electrons. The molecule has 0 radical (unpaired) electrons. The average Bonchev–Trinajstić information content (AvgIpc) is 2.54. The molecule has 2 aliphatic rings.